The zero-order chi connectivity index (χ0) is 12.4. The summed E-state index contributed by atoms with van der Waals surface area (Å²) in [6.07, 6.45) is 3.94. The number of halogens is 3. The van der Waals surface area contributed by atoms with E-state index < -0.39 is 11.6 Å². The molecule has 0 amide bonds. The predicted octanol–water partition coefficient (Wildman–Crippen LogP) is 3.26. The molecule has 1 aromatic heterocycles. The van der Waals surface area contributed by atoms with Gasteiger partial charge in [-0.15, -0.1) is 0 Å². The number of carbonyl (C=O) groups is 1. The Bertz CT molecular complexity index is 577. The van der Waals surface area contributed by atoms with Gasteiger partial charge in [0.05, 0.1) is 16.1 Å². The van der Waals surface area contributed by atoms with E-state index in [1.54, 1.807) is 0 Å². The Balaban J connectivity index is 2.49. The van der Waals surface area contributed by atoms with E-state index in [2.05, 4.69) is 25.9 Å². The molecule has 17 heavy (non-hydrogen) atoms. The van der Waals surface area contributed by atoms with Crippen LogP contribution >= 0.6 is 27.5 Å². The van der Waals surface area contributed by atoms with Crippen molar-refractivity contribution in [3.63, 3.8) is 0 Å². The maximum Gasteiger partial charge on any atom is 0.199 e. The second-order valence-electron chi connectivity index (χ2n) is 3.18. The van der Waals surface area contributed by atoms with Crippen LogP contribution in [0.2, 0.25) is 5.02 Å². The first kappa shape index (κ1) is 12.1. The highest BCUT2D eigenvalue weighted by Gasteiger charge is 2.18. The average molecular weight is 316 g/mol. The van der Waals surface area contributed by atoms with Crippen molar-refractivity contribution >= 4 is 33.3 Å². The molecule has 0 saturated heterocycles. The van der Waals surface area contributed by atoms with Gasteiger partial charge in [-0.05, 0) is 28.1 Å². The van der Waals surface area contributed by atoms with Gasteiger partial charge in [-0.1, -0.05) is 11.6 Å². The molecule has 0 spiro atoms. The third-order valence-electron chi connectivity index (χ3n) is 2.10. The molecule has 0 radical (unpaired) electrons. The SMILES string of the molecule is O=C(c1cncnc1)c1ccc(Br)c(Cl)c1F. The van der Waals surface area contributed by atoms with Gasteiger partial charge < -0.3 is 0 Å². The smallest absolute Gasteiger partial charge is 0.199 e. The van der Waals surface area contributed by atoms with Gasteiger partial charge in [-0.25, -0.2) is 14.4 Å². The summed E-state index contributed by atoms with van der Waals surface area (Å²) in [6.45, 7) is 0. The van der Waals surface area contributed by atoms with Gasteiger partial charge in [-0.2, -0.15) is 0 Å². The van der Waals surface area contributed by atoms with Crippen LogP contribution in [0.25, 0.3) is 0 Å². The zero-order valence-electron chi connectivity index (χ0n) is 8.32. The average Bonchev–Trinajstić information content (AvgIpc) is 2.36. The highest BCUT2D eigenvalue weighted by Crippen LogP contribution is 2.28. The quantitative estimate of drug-likeness (QED) is 0.631. The van der Waals surface area contributed by atoms with Crippen molar-refractivity contribution in [3.8, 4) is 0 Å². The maximum atomic E-state index is 13.8. The van der Waals surface area contributed by atoms with Crippen LogP contribution in [0.4, 0.5) is 4.39 Å². The van der Waals surface area contributed by atoms with Crippen LogP contribution < -0.4 is 0 Å². The molecular weight excluding hydrogens is 310 g/mol. The molecule has 0 fully saturated rings. The Morgan fingerprint density at radius 1 is 1.29 bits per heavy atom. The predicted molar refractivity (Wildman–Crippen MR) is 64.6 cm³/mol. The van der Waals surface area contributed by atoms with E-state index in [4.69, 9.17) is 11.6 Å². The van der Waals surface area contributed by atoms with Crippen molar-refractivity contribution in [2.24, 2.45) is 0 Å². The molecule has 6 heteroatoms. The largest absolute Gasteiger partial charge is 0.288 e. The fourth-order valence-electron chi connectivity index (χ4n) is 1.27. The molecule has 0 aliphatic rings. The van der Waals surface area contributed by atoms with Crippen LogP contribution in [-0.4, -0.2) is 15.8 Å². The van der Waals surface area contributed by atoms with E-state index in [9.17, 15) is 9.18 Å². The summed E-state index contributed by atoms with van der Waals surface area (Å²) < 4.78 is 14.2. The Kier molecular flexibility index (Phi) is 3.49. The Labute approximate surface area is 110 Å². The summed E-state index contributed by atoms with van der Waals surface area (Å²) >= 11 is 8.79. The molecule has 2 rings (SSSR count). The third kappa shape index (κ3) is 2.35. The fraction of sp³-hybridized carbons (Fsp3) is 0. The number of aromatic nitrogens is 2. The van der Waals surface area contributed by atoms with E-state index in [0.29, 0.717) is 4.47 Å². The second-order valence-corrected chi connectivity index (χ2v) is 4.41. The molecule has 3 nitrogen and oxygen atoms in total. The Hall–Kier alpha value is -1.33. The highest BCUT2D eigenvalue weighted by atomic mass is 79.9. The lowest BCUT2D eigenvalue weighted by Crippen LogP contribution is -2.05. The van der Waals surface area contributed by atoms with Crippen LogP contribution in [0.3, 0.4) is 0 Å². The van der Waals surface area contributed by atoms with Gasteiger partial charge in [0, 0.05) is 16.9 Å². The Morgan fingerprint density at radius 3 is 2.59 bits per heavy atom. The van der Waals surface area contributed by atoms with Gasteiger partial charge in [0.15, 0.2) is 11.6 Å². The molecule has 86 valence electrons. The molecule has 0 unspecified atom stereocenters. The van der Waals surface area contributed by atoms with Crippen molar-refractivity contribution < 1.29 is 9.18 Å². The maximum absolute atomic E-state index is 13.8. The normalized spacial score (nSPS) is 10.3. The van der Waals surface area contributed by atoms with Crippen molar-refractivity contribution in [3.05, 3.63) is 57.3 Å². The summed E-state index contributed by atoms with van der Waals surface area (Å²) in [5.41, 5.74) is 0.109. The van der Waals surface area contributed by atoms with E-state index >= 15 is 0 Å². The van der Waals surface area contributed by atoms with Gasteiger partial charge >= 0.3 is 0 Å². The first-order valence-corrected chi connectivity index (χ1v) is 5.71. The summed E-state index contributed by atoms with van der Waals surface area (Å²) in [5.74, 6) is -1.26. The molecule has 1 aromatic carbocycles. The van der Waals surface area contributed by atoms with Gasteiger partial charge in [0.25, 0.3) is 0 Å². The van der Waals surface area contributed by atoms with E-state index in [0.717, 1.165) is 0 Å². The lowest BCUT2D eigenvalue weighted by Gasteiger charge is -2.04. The number of rotatable bonds is 2. The van der Waals surface area contributed by atoms with Crippen molar-refractivity contribution in [1.82, 2.24) is 9.97 Å². The monoisotopic (exact) mass is 314 g/mol. The molecule has 0 N–H and O–H groups in total. The fourth-order valence-corrected chi connectivity index (χ4v) is 1.74. The minimum absolute atomic E-state index is 0.104. The second kappa shape index (κ2) is 4.89. The van der Waals surface area contributed by atoms with Gasteiger partial charge in [-0.3, -0.25) is 4.79 Å². The molecular formula is C11H5BrClFN2O. The summed E-state index contributed by atoms with van der Waals surface area (Å²) in [7, 11) is 0. The minimum Gasteiger partial charge on any atom is -0.288 e. The van der Waals surface area contributed by atoms with Crippen molar-refractivity contribution in [2.75, 3.05) is 0 Å². The highest BCUT2D eigenvalue weighted by molar-refractivity contribution is 9.10. The van der Waals surface area contributed by atoms with Crippen LogP contribution in [0, 0.1) is 5.82 Å². The summed E-state index contributed by atoms with van der Waals surface area (Å²) in [5, 5.41) is -0.118. The summed E-state index contributed by atoms with van der Waals surface area (Å²) in [6, 6.07) is 2.88. The van der Waals surface area contributed by atoms with E-state index in [1.165, 1.54) is 30.9 Å². The molecule has 0 aliphatic heterocycles. The van der Waals surface area contributed by atoms with Crippen LogP contribution in [0.5, 0.6) is 0 Å². The van der Waals surface area contributed by atoms with E-state index in [1.807, 2.05) is 0 Å². The third-order valence-corrected chi connectivity index (χ3v) is 3.36. The number of hydrogen-bond acceptors (Lipinski definition) is 3. The minimum atomic E-state index is -0.755. The van der Waals surface area contributed by atoms with Crippen LogP contribution in [0.15, 0.2) is 35.3 Å². The van der Waals surface area contributed by atoms with Gasteiger partial charge in [0.2, 0.25) is 0 Å². The number of benzene rings is 1. The molecule has 0 atom stereocenters. The van der Waals surface area contributed by atoms with Crippen LogP contribution in [-0.2, 0) is 0 Å². The molecule has 0 saturated carbocycles. The molecule has 0 aliphatic carbocycles. The molecule has 1 heterocycles. The lowest BCUT2D eigenvalue weighted by molar-refractivity contribution is 0.103. The van der Waals surface area contributed by atoms with E-state index in [-0.39, 0.29) is 16.1 Å². The number of hydrogen-bond donors (Lipinski definition) is 0. The van der Waals surface area contributed by atoms with Gasteiger partial charge in [0.1, 0.15) is 6.33 Å². The first-order valence-electron chi connectivity index (χ1n) is 4.54. The molecule has 0 bridgehead atoms. The van der Waals surface area contributed by atoms with Crippen molar-refractivity contribution in [1.29, 1.82) is 0 Å². The molecule has 2 aromatic rings. The summed E-state index contributed by atoms with van der Waals surface area (Å²) in [4.78, 5) is 19.3. The first-order chi connectivity index (χ1) is 8.11. The topological polar surface area (TPSA) is 42.9 Å². The zero-order valence-corrected chi connectivity index (χ0v) is 10.7. The number of nitrogens with zero attached hydrogens (tertiary/aromatic N) is 2. The lowest BCUT2D eigenvalue weighted by atomic mass is 10.1. The number of ketones is 1. The standard InChI is InChI=1S/C11H5BrClFN2O/c12-8-2-1-7(10(14)9(8)13)11(17)6-3-15-5-16-4-6/h1-5H. The van der Waals surface area contributed by atoms with Crippen molar-refractivity contribution in [2.45, 2.75) is 0 Å². The number of carbonyl (C=O) groups excluding carboxylic acids is 1. The Morgan fingerprint density at radius 2 is 1.94 bits per heavy atom. The van der Waals surface area contributed by atoms with Crippen LogP contribution in [0.1, 0.15) is 15.9 Å².